The van der Waals surface area contributed by atoms with E-state index in [9.17, 15) is 0 Å². The van der Waals surface area contributed by atoms with Crippen molar-refractivity contribution < 1.29 is 9.47 Å². The Morgan fingerprint density at radius 1 is 1.37 bits per heavy atom. The fourth-order valence-electron chi connectivity index (χ4n) is 1.71. The number of nitrogens with zero attached hydrogens (tertiary/aromatic N) is 1. The Labute approximate surface area is 120 Å². The average Bonchev–Trinajstić information content (AvgIpc) is 2.38. The van der Waals surface area contributed by atoms with E-state index in [1.165, 1.54) is 0 Å². The molecule has 5 heteroatoms. The van der Waals surface area contributed by atoms with Gasteiger partial charge in [0.2, 0.25) is 0 Å². The molecule has 0 radical (unpaired) electrons. The highest BCUT2D eigenvalue weighted by atomic mass is 32.1. The summed E-state index contributed by atoms with van der Waals surface area (Å²) in [4.78, 5) is 2.72. The minimum atomic E-state index is 0.318. The van der Waals surface area contributed by atoms with E-state index in [4.69, 9.17) is 27.4 Å². The van der Waals surface area contributed by atoms with Crippen molar-refractivity contribution in [2.24, 2.45) is 5.73 Å². The normalized spacial score (nSPS) is 12.2. The molecule has 4 nitrogen and oxygen atoms in total. The Morgan fingerprint density at radius 2 is 2.00 bits per heavy atom. The summed E-state index contributed by atoms with van der Waals surface area (Å²) in [5.74, 6) is 1.52. The lowest BCUT2D eigenvalue weighted by Gasteiger charge is -2.24. The van der Waals surface area contributed by atoms with Crippen LogP contribution in [0.15, 0.2) is 24.3 Å². The Balaban J connectivity index is 2.39. The summed E-state index contributed by atoms with van der Waals surface area (Å²) in [7, 11) is 3.67. The number of benzene rings is 1. The molecule has 1 aromatic carbocycles. The lowest BCUT2D eigenvalue weighted by Crippen LogP contribution is -2.35. The van der Waals surface area contributed by atoms with E-state index in [2.05, 4.69) is 11.8 Å². The minimum Gasteiger partial charge on any atom is -0.493 e. The molecule has 106 valence electrons. The molecular weight excluding hydrogens is 260 g/mol. The van der Waals surface area contributed by atoms with E-state index in [1.807, 2.05) is 31.3 Å². The van der Waals surface area contributed by atoms with E-state index >= 15 is 0 Å². The maximum Gasteiger partial charge on any atom is 0.161 e. The van der Waals surface area contributed by atoms with Gasteiger partial charge in [0.25, 0.3) is 0 Å². The molecule has 1 rings (SSSR count). The quantitative estimate of drug-likeness (QED) is 0.740. The summed E-state index contributed by atoms with van der Waals surface area (Å²) in [6, 6.07) is 7.95. The molecule has 0 aliphatic rings. The largest absolute Gasteiger partial charge is 0.493 e. The van der Waals surface area contributed by atoms with Gasteiger partial charge in [-0.1, -0.05) is 24.4 Å². The van der Waals surface area contributed by atoms with Gasteiger partial charge in [0.05, 0.1) is 12.1 Å². The third-order valence-electron chi connectivity index (χ3n) is 3.02. The SMILES string of the molecule is COc1ccccc1OCCN(C)C(C)CC(N)=S. The number of nitrogens with two attached hydrogens (primary N) is 1. The molecule has 0 aromatic heterocycles. The van der Waals surface area contributed by atoms with Gasteiger partial charge in [-0.05, 0) is 26.1 Å². The number of para-hydroxylation sites is 2. The molecule has 1 atom stereocenters. The molecule has 0 saturated carbocycles. The van der Waals surface area contributed by atoms with Gasteiger partial charge in [0, 0.05) is 19.0 Å². The van der Waals surface area contributed by atoms with Crippen LogP contribution in [0.5, 0.6) is 11.5 Å². The predicted molar refractivity (Wildman–Crippen MR) is 82.0 cm³/mol. The van der Waals surface area contributed by atoms with Gasteiger partial charge in [-0.3, -0.25) is 4.90 Å². The topological polar surface area (TPSA) is 47.7 Å². The molecular formula is C14H22N2O2S. The third kappa shape index (κ3) is 5.44. The van der Waals surface area contributed by atoms with Gasteiger partial charge < -0.3 is 15.2 Å². The van der Waals surface area contributed by atoms with Gasteiger partial charge in [0.1, 0.15) is 6.61 Å². The number of rotatable bonds is 8. The third-order valence-corrected chi connectivity index (χ3v) is 3.19. The number of likely N-dealkylation sites (N-methyl/N-ethyl adjacent to an activating group) is 1. The summed E-state index contributed by atoms with van der Waals surface area (Å²) in [5, 5.41) is 0. The second kappa shape index (κ2) is 7.96. The summed E-state index contributed by atoms with van der Waals surface area (Å²) < 4.78 is 11.0. The van der Waals surface area contributed by atoms with Gasteiger partial charge in [-0.25, -0.2) is 0 Å². The van der Waals surface area contributed by atoms with E-state index < -0.39 is 0 Å². The van der Waals surface area contributed by atoms with Gasteiger partial charge in [0.15, 0.2) is 11.5 Å². The first kappa shape index (κ1) is 15.7. The van der Waals surface area contributed by atoms with Gasteiger partial charge in [-0.2, -0.15) is 0 Å². The van der Waals surface area contributed by atoms with Crippen LogP contribution in [0.2, 0.25) is 0 Å². The van der Waals surface area contributed by atoms with Crippen molar-refractivity contribution in [3.63, 3.8) is 0 Å². The monoisotopic (exact) mass is 282 g/mol. The average molecular weight is 282 g/mol. The van der Waals surface area contributed by atoms with Crippen LogP contribution in [0.25, 0.3) is 0 Å². The molecule has 0 aliphatic carbocycles. The van der Waals surface area contributed by atoms with Crippen molar-refractivity contribution in [2.45, 2.75) is 19.4 Å². The standard InChI is InChI=1S/C14H22N2O2S/c1-11(10-14(15)19)16(2)8-9-18-13-7-5-4-6-12(13)17-3/h4-7,11H,8-10H2,1-3H3,(H2,15,19). The highest BCUT2D eigenvalue weighted by Gasteiger charge is 2.10. The number of hydrogen-bond acceptors (Lipinski definition) is 4. The lowest BCUT2D eigenvalue weighted by molar-refractivity contribution is 0.199. The fourth-order valence-corrected chi connectivity index (χ4v) is 1.95. The molecule has 0 amide bonds. The summed E-state index contributed by atoms with van der Waals surface area (Å²) >= 11 is 4.92. The first-order valence-electron chi connectivity index (χ1n) is 6.29. The first-order chi connectivity index (χ1) is 9.04. The van der Waals surface area contributed by atoms with Gasteiger partial charge in [-0.15, -0.1) is 0 Å². The van der Waals surface area contributed by atoms with Crippen LogP contribution in [0.4, 0.5) is 0 Å². The zero-order chi connectivity index (χ0) is 14.3. The maximum absolute atomic E-state index is 5.72. The highest BCUT2D eigenvalue weighted by Crippen LogP contribution is 2.25. The van der Waals surface area contributed by atoms with Crippen molar-refractivity contribution >= 4 is 17.2 Å². The van der Waals surface area contributed by atoms with E-state index in [-0.39, 0.29) is 0 Å². The van der Waals surface area contributed by atoms with Crippen LogP contribution in [0.1, 0.15) is 13.3 Å². The molecule has 1 unspecified atom stereocenters. The lowest BCUT2D eigenvalue weighted by atomic mass is 10.2. The highest BCUT2D eigenvalue weighted by molar-refractivity contribution is 7.80. The molecule has 0 saturated heterocycles. The van der Waals surface area contributed by atoms with E-state index in [0.717, 1.165) is 24.5 Å². The van der Waals surface area contributed by atoms with Crippen molar-refractivity contribution in [2.75, 3.05) is 27.3 Å². The second-order valence-electron chi connectivity index (χ2n) is 4.50. The van der Waals surface area contributed by atoms with Crippen molar-refractivity contribution in [3.05, 3.63) is 24.3 Å². The number of thiocarbonyl (C=S) groups is 1. The van der Waals surface area contributed by atoms with Gasteiger partial charge >= 0.3 is 0 Å². The summed E-state index contributed by atoms with van der Waals surface area (Å²) in [6.07, 6.45) is 0.723. The van der Waals surface area contributed by atoms with E-state index in [1.54, 1.807) is 7.11 Å². The van der Waals surface area contributed by atoms with Crippen LogP contribution < -0.4 is 15.2 Å². The molecule has 0 spiro atoms. The molecule has 0 heterocycles. The van der Waals surface area contributed by atoms with Crippen LogP contribution in [0, 0.1) is 0 Å². The fraction of sp³-hybridized carbons (Fsp3) is 0.500. The van der Waals surface area contributed by atoms with Crippen LogP contribution in [-0.4, -0.2) is 43.2 Å². The first-order valence-corrected chi connectivity index (χ1v) is 6.69. The minimum absolute atomic E-state index is 0.318. The Bertz CT molecular complexity index is 412. The summed E-state index contributed by atoms with van der Waals surface area (Å²) in [6.45, 7) is 3.50. The predicted octanol–water partition coefficient (Wildman–Crippen LogP) is 2.07. The molecule has 2 N–H and O–H groups in total. The van der Waals surface area contributed by atoms with Crippen molar-refractivity contribution in [3.8, 4) is 11.5 Å². The Morgan fingerprint density at radius 3 is 2.58 bits per heavy atom. The molecule has 1 aromatic rings. The molecule has 0 bridgehead atoms. The zero-order valence-electron chi connectivity index (χ0n) is 11.8. The summed E-state index contributed by atoms with van der Waals surface area (Å²) in [5.41, 5.74) is 5.55. The maximum atomic E-state index is 5.72. The zero-order valence-corrected chi connectivity index (χ0v) is 12.6. The molecule has 0 aliphatic heterocycles. The second-order valence-corrected chi connectivity index (χ2v) is 5.02. The molecule has 19 heavy (non-hydrogen) atoms. The Kier molecular flexibility index (Phi) is 6.59. The Hall–Kier alpha value is -1.33. The van der Waals surface area contributed by atoms with Crippen molar-refractivity contribution in [1.82, 2.24) is 4.90 Å². The van der Waals surface area contributed by atoms with Crippen LogP contribution in [-0.2, 0) is 0 Å². The van der Waals surface area contributed by atoms with Crippen LogP contribution >= 0.6 is 12.2 Å². The number of hydrogen-bond donors (Lipinski definition) is 1. The smallest absolute Gasteiger partial charge is 0.161 e. The molecule has 0 fully saturated rings. The van der Waals surface area contributed by atoms with E-state index in [0.29, 0.717) is 17.6 Å². The van der Waals surface area contributed by atoms with Crippen LogP contribution in [0.3, 0.4) is 0 Å². The number of methoxy groups -OCH3 is 1. The number of ether oxygens (including phenoxy) is 2. The van der Waals surface area contributed by atoms with Crippen molar-refractivity contribution in [1.29, 1.82) is 0 Å².